The highest BCUT2D eigenvalue weighted by Crippen LogP contribution is 2.45. The third-order valence-corrected chi connectivity index (χ3v) is 12.2. The molecule has 2 saturated carbocycles. The van der Waals surface area contributed by atoms with E-state index in [0.717, 1.165) is 16.7 Å². The average Bonchev–Trinajstić information content (AvgIpc) is 4.00. The molecular formula is C36H47N5O9S. The van der Waals surface area contributed by atoms with Gasteiger partial charge < -0.3 is 29.9 Å². The van der Waals surface area contributed by atoms with Crippen molar-refractivity contribution in [3.63, 3.8) is 0 Å². The third kappa shape index (κ3) is 7.77. The summed E-state index contributed by atoms with van der Waals surface area (Å²) >= 11 is 0. The van der Waals surface area contributed by atoms with E-state index in [9.17, 15) is 32.4 Å². The number of hydrogen-bond donors (Lipinski definition) is 3. The molecule has 1 aromatic carbocycles. The molecular weight excluding hydrogens is 678 g/mol. The maximum Gasteiger partial charge on any atom is 0.410 e. The fraction of sp³-hybridized carbons (Fsp3) is 0.583. The molecule has 51 heavy (non-hydrogen) atoms. The fourth-order valence-electron chi connectivity index (χ4n) is 7.11. The molecule has 0 aromatic heterocycles. The zero-order valence-electron chi connectivity index (χ0n) is 29.3. The Labute approximate surface area is 298 Å². The van der Waals surface area contributed by atoms with E-state index < -0.39 is 80.2 Å². The minimum Gasteiger partial charge on any atom is -0.450 e. The summed E-state index contributed by atoms with van der Waals surface area (Å²) in [5, 5.41) is 4.77. The summed E-state index contributed by atoms with van der Waals surface area (Å²) < 4.78 is 38.8. The van der Waals surface area contributed by atoms with Gasteiger partial charge in [0.05, 0.1) is 18.4 Å². The van der Waals surface area contributed by atoms with Crippen LogP contribution in [0, 0.1) is 11.3 Å². The van der Waals surface area contributed by atoms with Crippen molar-refractivity contribution in [2.45, 2.75) is 101 Å². The lowest BCUT2D eigenvalue weighted by Gasteiger charge is -2.35. The molecule has 6 aliphatic rings. The van der Waals surface area contributed by atoms with E-state index in [0.29, 0.717) is 45.2 Å². The second-order valence-electron chi connectivity index (χ2n) is 15.2. The van der Waals surface area contributed by atoms with E-state index in [4.69, 9.17) is 9.47 Å². The van der Waals surface area contributed by atoms with Crippen molar-refractivity contribution in [3.05, 3.63) is 53.6 Å². The third-order valence-electron chi connectivity index (χ3n) is 10.3. The van der Waals surface area contributed by atoms with Gasteiger partial charge in [-0.05, 0) is 60.6 Å². The Kier molecular flexibility index (Phi) is 9.96. The molecule has 7 rings (SSSR count). The van der Waals surface area contributed by atoms with E-state index in [1.54, 1.807) is 25.7 Å². The molecule has 5 amide bonds. The van der Waals surface area contributed by atoms with Crippen LogP contribution in [-0.4, -0.2) is 96.8 Å². The molecule has 2 aliphatic carbocycles. The summed E-state index contributed by atoms with van der Waals surface area (Å²) in [6.07, 6.45) is 6.05. The molecule has 3 fully saturated rings. The minimum absolute atomic E-state index is 0.0825. The highest BCUT2D eigenvalue weighted by molar-refractivity contribution is 7.91. The van der Waals surface area contributed by atoms with Crippen molar-refractivity contribution < 1.29 is 41.9 Å². The summed E-state index contributed by atoms with van der Waals surface area (Å²) in [6, 6.07) is 3.60. The predicted octanol–water partition coefficient (Wildman–Crippen LogP) is 2.77. The molecule has 1 aromatic rings. The van der Waals surface area contributed by atoms with Crippen LogP contribution in [0.15, 0.2) is 36.9 Å². The smallest absolute Gasteiger partial charge is 0.410 e. The molecule has 3 N–H and O–H groups in total. The van der Waals surface area contributed by atoms with E-state index >= 15 is 0 Å². The zero-order valence-corrected chi connectivity index (χ0v) is 30.1. The number of sulfonamides is 1. The van der Waals surface area contributed by atoms with Crippen molar-refractivity contribution >= 4 is 46.0 Å². The highest BCUT2D eigenvalue weighted by atomic mass is 32.2. The van der Waals surface area contributed by atoms with Gasteiger partial charge in [-0.2, -0.15) is 0 Å². The van der Waals surface area contributed by atoms with Gasteiger partial charge in [0, 0.05) is 25.4 Å². The fourth-order valence-corrected chi connectivity index (χ4v) is 8.48. The first-order chi connectivity index (χ1) is 24.1. The van der Waals surface area contributed by atoms with Crippen LogP contribution in [0.25, 0.3) is 6.08 Å². The molecule has 15 heteroatoms. The minimum atomic E-state index is -3.91. The van der Waals surface area contributed by atoms with Gasteiger partial charge in [0.15, 0.2) is 0 Å². The quantitative estimate of drug-likeness (QED) is 0.372. The highest BCUT2D eigenvalue weighted by Gasteiger charge is 2.62. The Balaban J connectivity index is 1.27. The SMILES string of the molecule is C=C[C@H]1C[C@]1(NC(=O)C1C[C@@H]2CN1C(=O)[C@H](C(C)(C)C)NC(=O)OCCC/C=C/c1cccc3c1CCN(C3)C(=O)O2)C(=O)NS(=O)(=O)C1CC1. The lowest BCUT2D eigenvalue weighted by Crippen LogP contribution is -2.60. The number of benzene rings is 1. The molecule has 0 spiro atoms. The molecule has 5 atom stereocenters. The number of alkyl carbamates (subject to hydrolysis) is 1. The number of fused-ring (bicyclic) bond motifs is 10. The molecule has 1 saturated heterocycles. The van der Waals surface area contributed by atoms with Crippen molar-refractivity contribution in [1.82, 2.24) is 25.2 Å². The number of carbonyl (C=O) groups excluding carboxylic acids is 5. The number of nitrogens with zero attached hydrogens (tertiary/aromatic N) is 2. The number of rotatable bonds is 6. The van der Waals surface area contributed by atoms with E-state index in [1.165, 1.54) is 11.0 Å². The van der Waals surface area contributed by atoms with Crippen LogP contribution in [0.3, 0.4) is 0 Å². The van der Waals surface area contributed by atoms with Crippen LogP contribution in [0.5, 0.6) is 0 Å². The maximum atomic E-state index is 14.3. The average molecular weight is 726 g/mol. The Bertz CT molecular complexity index is 1750. The van der Waals surface area contributed by atoms with Gasteiger partial charge in [0.25, 0.3) is 5.91 Å². The van der Waals surface area contributed by atoms with Crippen molar-refractivity contribution in [2.24, 2.45) is 11.3 Å². The summed E-state index contributed by atoms with van der Waals surface area (Å²) in [6.45, 7) is 9.78. The summed E-state index contributed by atoms with van der Waals surface area (Å²) in [5.74, 6) is -2.72. The summed E-state index contributed by atoms with van der Waals surface area (Å²) in [5.41, 5.74) is 0.801. The van der Waals surface area contributed by atoms with Crippen LogP contribution in [-0.2, 0) is 46.8 Å². The van der Waals surface area contributed by atoms with Crippen molar-refractivity contribution in [3.8, 4) is 0 Å². The van der Waals surface area contributed by atoms with E-state index in [1.807, 2.05) is 30.4 Å². The first-order valence-corrected chi connectivity index (χ1v) is 19.1. The monoisotopic (exact) mass is 725 g/mol. The molecule has 14 nitrogen and oxygen atoms in total. The lowest BCUT2D eigenvalue weighted by atomic mass is 9.85. The maximum absolute atomic E-state index is 14.3. The van der Waals surface area contributed by atoms with E-state index in [2.05, 4.69) is 21.9 Å². The Hall–Kier alpha value is -4.40. The Morgan fingerprint density at radius 1 is 1.16 bits per heavy atom. The lowest BCUT2D eigenvalue weighted by molar-refractivity contribution is -0.142. The van der Waals surface area contributed by atoms with Gasteiger partial charge in [0.2, 0.25) is 21.8 Å². The van der Waals surface area contributed by atoms with Crippen molar-refractivity contribution in [1.29, 1.82) is 0 Å². The number of hydrogen-bond acceptors (Lipinski definition) is 9. The Morgan fingerprint density at radius 2 is 1.92 bits per heavy atom. The molecule has 6 bridgehead atoms. The molecule has 276 valence electrons. The summed E-state index contributed by atoms with van der Waals surface area (Å²) in [4.78, 5) is 71.3. The van der Waals surface area contributed by atoms with Crippen LogP contribution < -0.4 is 15.4 Å². The van der Waals surface area contributed by atoms with Crippen LogP contribution in [0.2, 0.25) is 0 Å². The van der Waals surface area contributed by atoms with Gasteiger partial charge >= 0.3 is 12.2 Å². The second-order valence-corrected chi connectivity index (χ2v) is 17.2. The number of amides is 5. The van der Waals surface area contributed by atoms with Crippen LogP contribution in [0.4, 0.5) is 9.59 Å². The first kappa shape index (κ1) is 36.4. The molecule has 1 unspecified atom stereocenters. The molecule has 4 aliphatic heterocycles. The van der Waals surface area contributed by atoms with Crippen LogP contribution >= 0.6 is 0 Å². The number of allylic oxidation sites excluding steroid dienone is 1. The van der Waals surface area contributed by atoms with Crippen molar-refractivity contribution in [2.75, 3.05) is 19.7 Å². The number of carbonyl (C=O) groups is 5. The number of nitrogens with one attached hydrogen (secondary N) is 3. The largest absolute Gasteiger partial charge is 0.450 e. The first-order valence-electron chi connectivity index (χ1n) is 17.6. The van der Waals surface area contributed by atoms with Gasteiger partial charge in [-0.1, -0.05) is 57.2 Å². The number of ether oxygens (including phenoxy) is 2. The standard InChI is InChI=1S/C36H47N5O9S/c1-5-24-19-36(24,32(44)39-51(47,48)26-13-14-26)38-30(42)28-18-25-21-41(28)31(43)29(35(2,3)4)37-33(45)49-17-8-6-7-10-22-11-9-12-23-20-40(34(46)50-25)16-15-27(22)23/h5,7,9-12,24-26,28-29H,1,6,8,13-21H2,2-4H3,(H,37,45)(H,38,42)(H,39,44)/b10-7+/t24-,25+,28?,29+,36+/m0/s1. The van der Waals surface area contributed by atoms with E-state index in [-0.39, 0.29) is 26.0 Å². The van der Waals surface area contributed by atoms with Gasteiger partial charge in [-0.25, -0.2) is 18.0 Å². The predicted molar refractivity (Wildman–Crippen MR) is 186 cm³/mol. The molecule has 4 heterocycles. The molecule has 0 radical (unpaired) electrons. The Morgan fingerprint density at radius 3 is 2.61 bits per heavy atom. The van der Waals surface area contributed by atoms with Crippen LogP contribution in [0.1, 0.15) is 76.0 Å². The second kappa shape index (κ2) is 14.0. The van der Waals surface area contributed by atoms with Gasteiger partial charge in [-0.15, -0.1) is 6.58 Å². The topological polar surface area (TPSA) is 181 Å². The van der Waals surface area contributed by atoms with Gasteiger partial charge in [0.1, 0.15) is 23.7 Å². The van der Waals surface area contributed by atoms with Gasteiger partial charge in [-0.3, -0.25) is 19.1 Å². The normalized spacial score (nSPS) is 29.3. The zero-order chi connectivity index (χ0) is 36.7. The summed E-state index contributed by atoms with van der Waals surface area (Å²) in [7, 11) is -3.91.